The van der Waals surface area contributed by atoms with Crippen molar-refractivity contribution in [3.63, 3.8) is 0 Å². The molecule has 1 aromatic heterocycles. The molecule has 29 heavy (non-hydrogen) atoms. The number of methoxy groups -OCH3 is 2. The maximum atomic E-state index is 10.9. The van der Waals surface area contributed by atoms with Crippen molar-refractivity contribution in [1.82, 2.24) is 9.97 Å². The third-order valence-corrected chi connectivity index (χ3v) is 4.36. The lowest BCUT2D eigenvalue weighted by molar-refractivity contribution is 0.0697. The summed E-state index contributed by atoms with van der Waals surface area (Å²) in [4.78, 5) is 19.3. The smallest absolute Gasteiger partial charge is 0.335 e. The molecule has 3 rings (SSSR count). The van der Waals surface area contributed by atoms with Gasteiger partial charge in [0.25, 0.3) is 0 Å². The number of aryl methyl sites for hydroxylation is 2. The van der Waals surface area contributed by atoms with E-state index in [4.69, 9.17) is 19.3 Å². The number of aromatic nitrogens is 2. The van der Waals surface area contributed by atoms with Gasteiger partial charge in [-0.3, -0.25) is 0 Å². The molecule has 0 amide bonds. The monoisotopic (exact) mass is 394 g/mol. The third kappa shape index (κ3) is 5.44. The number of benzene rings is 2. The molecule has 2 aromatic carbocycles. The van der Waals surface area contributed by atoms with Crippen LogP contribution in [0.25, 0.3) is 0 Å². The van der Waals surface area contributed by atoms with Gasteiger partial charge in [0, 0.05) is 0 Å². The van der Waals surface area contributed by atoms with Crippen molar-refractivity contribution in [2.75, 3.05) is 14.2 Å². The minimum absolute atomic E-state index is 0.151. The molecular weight excluding hydrogens is 372 g/mol. The van der Waals surface area contributed by atoms with Crippen molar-refractivity contribution < 1.29 is 24.1 Å². The van der Waals surface area contributed by atoms with Crippen LogP contribution in [0.4, 0.5) is 0 Å². The quantitative estimate of drug-likeness (QED) is 0.583. The van der Waals surface area contributed by atoms with Gasteiger partial charge in [0.05, 0.1) is 25.8 Å². The van der Waals surface area contributed by atoms with Gasteiger partial charge >= 0.3 is 12.0 Å². The number of carbonyl (C=O) groups is 1. The number of nitrogens with zero attached hydrogens (tertiary/aromatic N) is 2. The number of carboxylic acids is 1. The predicted octanol–water partition coefficient (Wildman–Crippen LogP) is 4.16. The summed E-state index contributed by atoms with van der Waals surface area (Å²) in [6, 6.07) is 16.4. The largest absolute Gasteiger partial charge is 0.481 e. The van der Waals surface area contributed by atoms with Gasteiger partial charge in [0.15, 0.2) is 0 Å². The molecule has 3 aromatic rings. The number of rotatable bonds is 9. The van der Waals surface area contributed by atoms with Crippen molar-refractivity contribution in [2.24, 2.45) is 0 Å². The number of para-hydroxylation sites is 1. The Kier molecular flexibility index (Phi) is 6.63. The normalized spacial score (nSPS) is 10.4. The second-order valence-corrected chi connectivity index (χ2v) is 6.30. The lowest BCUT2D eigenvalue weighted by atomic mass is 10.0. The molecule has 0 saturated heterocycles. The van der Waals surface area contributed by atoms with E-state index in [9.17, 15) is 4.79 Å². The van der Waals surface area contributed by atoms with Gasteiger partial charge in [-0.05, 0) is 48.6 Å². The van der Waals surface area contributed by atoms with Crippen LogP contribution < -0.4 is 14.2 Å². The molecule has 7 heteroatoms. The molecule has 150 valence electrons. The molecule has 0 bridgehead atoms. The molecule has 0 aliphatic rings. The number of aromatic carboxylic acids is 1. The lowest BCUT2D eigenvalue weighted by Gasteiger charge is -2.11. The maximum Gasteiger partial charge on any atom is 0.335 e. The van der Waals surface area contributed by atoms with E-state index in [0.717, 1.165) is 30.4 Å². The summed E-state index contributed by atoms with van der Waals surface area (Å²) in [5.41, 5.74) is 2.41. The minimum Gasteiger partial charge on any atom is -0.481 e. The number of hydrogen-bond acceptors (Lipinski definition) is 6. The Labute approximate surface area is 168 Å². The van der Waals surface area contributed by atoms with Crippen molar-refractivity contribution in [1.29, 1.82) is 0 Å². The predicted molar refractivity (Wildman–Crippen MR) is 107 cm³/mol. The number of carboxylic acid groups (broad SMARTS) is 1. The van der Waals surface area contributed by atoms with Gasteiger partial charge in [-0.2, -0.15) is 9.97 Å². The molecule has 0 atom stereocenters. The Morgan fingerprint density at radius 3 is 2.21 bits per heavy atom. The molecular formula is C22H22N2O5. The van der Waals surface area contributed by atoms with Crippen molar-refractivity contribution >= 4 is 5.97 Å². The summed E-state index contributed by atoms with van der Waals surface area (Å²) in [7, 11) is 3.03. The van der Waals surface area contributed by atoms with Gasteiger partial charge in [0.1, 0.15) is 5.75 Å². The molecule has 1 heterocycles. The molecule has 1 N–H and O–H groups in total. The van der Waals surface area contributed by atoms with Crippen LogP contribution in [0.3, 0.4) is 0 Å². The fourth-order valence-corrected chi connectivity index (χ4v) is 2.84. The van der Waals surface area contributed by atoms with Crippen LogP contribution in [-0.4, -0.2) is 35.3 Å². The summed E-state index contributed by atoms with van der Waals surface area (Å²) >= 11 is 0. The Morgan fingerprint density at radius 2 is 1.59 bits per heavy atom. The van der Waals surface area contributed by atoms with E-state index in [1.807, 2.05) is 36.4 Å². The highest BCUT2D eigenvalue weighted by Crippen LogP contribution is 2.27. The zero-order valence-electron chi connectivity index (χ0n) is 16.3. The van der Waals surface area contributed by atoms with Crippen LogP contribution in [0.2, 0.25) is 0 Å². The molecule has 0 spiro atoms. The molecule has 0 aliphatic carbocycles. The van der Waals surface area contributed by atoms with Crippen LogP contribution in [0.5, 0.6) is 23.5 Å². The Hall–Kier alpha value is -3.61. The van der Waals surface area contributed by atoms with E-state index < -0.39 is 5.97 Å². The van der Waals surface area contributed by atoms with Crippen LogP contribution in [0.15, 0.2) is 54.6 Å². The summed E-state index contributed by atoms with van der Waals surface area (Å²) in [6.07, 6.45) is 2.50. The van der Waals surface area contributed by atoms with Crippen molar-refractivity contribution in [3.05, 3.63) is 71.3 Å². The van der Waals surface area contributed by atoms with Gasteiger partial charge in [0.2, 0.25) is 11.8 Å². The molecule has 0 aliphatic heterocycles. The summed E-state index contributed by atoms with van der Waals surface area (Å²) in [5.74, 6) is 0.464. The maximum absolute atomic E-state index is 10.9. The van der Waals surface area contributed by atoms with Crippen molar-refractivity contribution in [2.45, 2.75) is 19.3 Å². The molecule has 0 unspecified atom stereocenters. The van der Waals surface area contributed by atoms with Gasteiger partial charge in [-0.25, -0.2) is 4.79 Å². The zero-order valence-corrected chi connectivity index (χ0v) is 16.3. The fourth-order valence-electron chi connectivity index (χ4n) is 2.84. The lowest BCUT2D eigenvalue weighted by Crippen LogP contribution is -2.00. The first-order valence-electron chi connectivity index (χ1n) is 9.14. The van der Waals surface area contributed by atoms with Crippen LogP contribution in [0.1, 0.15) is 27.9 Å². The topological polar surface area (TPSA) is 90.8 Å². The highest BCUT2D eigenvalue weighted by atomic mass is 16.5. The molecule has 7 nitrogen and oxygen atoms in total. The average Bonchev–Trinajstić information content (AvgIpc) is 2.75. The van der Waals surface area contributed by atoms with E-state index in [2.05, 4.69) is 9.97 Å². The number of ether oxygens (including phenoxy) is 3. The van der Waals surface area contributed by atoms with E-state index in [1.54, 1.807) is 18.2 Å². The van der Waals surface area contributed by atoms with E-state index in [1.165, 1.54) is 14.2 Å². The summed E-state index contributed by atoms with van der Waals surface area (Å²) in [5, 5.41) is 8.98. The summed E-state index contributed by atoms with van der Waals surface area (Å²) < 4.78 is 16.2. The Bertz CT molecular complexity index is 951. The van der Waals surface area contributed by atoms with E-state index in [-0.39, 0.29) is 6.01 Å². The highest BCUT2D eigenvalue weighted by molar-refractivity contribution is 5.87. The van der Waals surface area contributed by atoms with Crippen LogP contribution in [0, 0.1) is 0 Å². The average molecular weight is 394 g/mol. The first kappa shape index (κ1) is 20.1. The van der Waals surface area contributed by atoms with Crippen molar-refractivity contribution in [3.8, 4) is 23.5 Å². The Balaban J connectivity index is 1.67. The third-order valence-electron chi connectivity index (χ3n) is 4.36. The zero-order chi connectivity index (χ0) is 20.6. The second kappa shape index (κ2) is 9.54. The molecule has 0 radical (unpaired) electrons. The van der Waals surface area contributed by atoms with Gasteiger partial charge < -0.3 is 19.3 Å². The summed E-state index contributed by atoms with van der Waals surface area (Å²) in [6.45, 7) is 0. The fraction of sp³-hybridized carbons (Fsp3) is 0.227. The SMILES string of the molecule is COc1cc(OC)nc(Oc2ccccc2CCCc2ccc(C(=O)O)cc2)n1. The van der Waals surface area contributed by atoms with Gasteiger partial charge in [-0.1, -0.05) is 30.3 Å². The van der Waals surface area contributed by atoms with Crippen LogP contribution >= 0.6 is 0 Å². The first-order chi connectivity index (χ1) is 14.1. The molecule has 0 fully saturated rings. The van der Waals surface area contributed by atoms with E-state index >= 15 is 0 Å². The number of hydrogen-bond donors (Lipinski definition) is 1. The minimum atomic E-state index is -0.918. The second-order valence-electron chi connectivity index (χ2n) is 6.30. The standard InChI is InChI=1S/C22H22N2O5/c1-27-19-14-20(28-2)24-22(23-19)29-18-9-4-3-7-16(18)8-5-6-15-10-12-17(13-11-15)21(25)26/h3-4,7,9-14H,5-6,8H2,1-2H3,(H,25,26). The van der Waals surface area contributed by atoms with E-state index in [0.29, 0.717) is 23.1 Å². The highest BCUT2D eigenvalue weighted by Gasteiger charge is 2.11. The Morgan fingerprint density at radius 1 is 0.931 bits per heavy atom. The van der Waals surface area contributed by atoms with Crippen LogP contribution in [-0.2, 0) is 12.8 Å². The first-order valence-corrected chi connectivity index (χ1v) is 9.14. The van der Waals surface area contributed by atoms with Gasteiger partial charge in [-0.15, -0.1) is 0 Å². The molecule has 0 saturated carbocycles.